The van der Waals surface area contributed by atoms with E-state index in [4.69, 9.17) is 16.6 Å². The fourth-order valence-electron chi connectivity index (χ4n) is 3.04. The van der Waals surface area contributed by atoms with Gasteiger partial charge in [-0.3, -0.25) is 4.79 Å². The van der Waals surface area contributed by atoms with Crippen molar-refractivity contribution in [3.63, 3.8) is 0 Å². The Morgan fingerprint density at radius 3 is 2.53 bits per heavy atom. The second kappa shape index (κ2) is 10.9. The van der Waals surface area contributed by atoms with Gasteiger partial charge in [0.1, 0.15) is 11.0 Å². The van der Waals surface area contributed by atoms with E-state index in [2.05, 4.69) is 27.1 Å². The highest BCUT2D eigenvalue weighted by Gasteiger charge is 2.17. The third kappa shape index (κ3) is 6.84. The number of amides is 1. The van der Waals surface area contributed by atoms with Crippen LogP contribution in [0.15, 0.2) is 35.5 Å². The molecule has 1 saturated heterocycles. The molecule has 1 aromatic carbocycles. The third-order valence-electron chi connectivity index (χ3n) is 4.92. The van der Waals surface area contributed by atoms with Crippen molar-refractivity contribution < 1.29 is 4.79 Å². The maximum absolute atomic E-state index is 12.2. The van der Waals surface area contributed by atoms with Gasteiger partial charge in [0.15, 0.2) is 5.16 Å². The van der Waals surface area contributed by atoms with Crippen molar-refractivity contribution in [2.24, 2.45) is 0 Å². The highest BCUT2D eigenvalue weighted by Crippen LogP contribution is 2.25. The first-order valence-electron chi connectivity index (χ1n) is 10.0. The number of aromatic nitrogens is 2. The number of carbonyl (C=O) groups excluding carboxylic acids is 1. The number of rotatable bonds is 8. The molecule has 7 nitrogen and oxygen atoms in total. The zero-order valence-corrected chi connectivity index (χ0v) is 19.3. The van der Waals surface area contributed by atoms with Crippen molar-refractivity contribution in [3.8, 4) is 0 Å². The van der Waals surface area contributed by atoms with E-state index in [9.17, 15) is 4.79 Å². The predicted molar refractivity (Wildman–Crippen MR) is 124 cm³/mol. The molecule has 0 spiro atoms. The molecule has 2 aromatic rings. The molecule has 0 radical (unpaired) electrons. The van der Waals surface area contributed by atoms with Gasteiger partial charge < -0.3 is 20.0 Å². The fourth-order valence-corrected chi connectivity index (χ4v) is 4.08. The second-order valence-electron chi connectivity index (χ2n) is 7.67. The molecule has 1 aliphatic rings. The Morgan fingerprint density at radius 2 is 1.87 bits per heavy atom. The predicted octanol–water partition coefficient (Wildman–Crippen LogP) is 2.47. The molecule has 9 heteroatoms. The molecule has 3 rings (SSSR count). The summed E-state index contributed by atoms with van der Waals surface area (Å²) in [6, 6.07) is 9.49. The Hall–Kier alpha value is -1.87. The summed E-state index contributed by atoms with van der Waals surface area (Å²) in [5.74, 6) is 1.55. The van der Waals surface area contributed by atoms with Crippen molar-refractivity contribution in [1.29, 1.82) is 0 Å². The van der Waals surface area contributed by atoms with E-state index >= 15 is 0 Å². The minimum atomic E-state index is -0.0500. The minimum absolute atomic E-state index is 0.0500. The number of carbonyl (C=O) groups is 1. The average molecular weight is 449 g/mol. The number of piperazine rings is 1. The van der Waals surface area contributed by atoms with Crippen LogP contribution in [0, 0.1) is 0 Å². The summed E-state index contributed by atoms with van der Waals surface area (Å²) >= 11 is 7.80. The van der Waals surface area contributed by atoms with E-state index in [1.165, 1.54) is 0 Å². The quantitative estimate of drug-likeness (QED) is 0.378. The zero-order chi connectivity index (χ0) is 21.5. The second-order valence-corrected chi connectivity index (χ2v) is 9.00. The van der Waals surface area contributed by atoms with Crippen LogP contribution < -0.4 is 10.2 Å². The molecule has 0 bridgehead atoms. The Kier molecular flexibility index (Phi) is 8.32. The lowest BCUT2D eigenvalue weighted by atomic mass is 10.1. The Morgan fingerprint density at radius 1 is 1.17 bits per heavy atom. The summed E-state index contributed by atoms with van der Waals surface area (Å²) in [4.78, 5) is 27.8. The maximum atomic E-state index is 12.2. The first kappa shape index (κ1) is 22.8. The van der Waals surface area contributed by atoms with Gasteiger partial charge in [-0.2, -0.15) is 0 Å². The molecule has 1 fully saturated rings. The molecule has 1 N–H and O–H groups in total. The van der Waals surface area contributed by atoms with Gasteiger partial charge in [-0.1, -0.05) is 35.5 Å². The maximum Gasteiger partial charge on any atom is 0.251 e. The van der Waals surface area contributed by atoms with Gasteiger partial charge in [0.05, 0.1) is 0 Å². The Balaban J connectivity index is 1.55. The molecule has 162 valence electrons. The Labute approximate surface area is 187 Å². The van der Waals surface area contributed by atoms with Crippen LogP contribution in [0.3, 0.4) is 0 Å². The summed E-state index contributed by atoms with van der Waals surface area (Å²) in [5.41, 5.74) is 1.77. The van der Waals surface area contributed by atoms with Gasteiger partial charge >= 0.3 is 0 Å². The normalized spacial score (nSPS) is 14.9. The fraction of sp³-hybridized carbons (Fsp3) is 0.476. The number of likely N-dealkylation sites (N-methyl/N-ethyl adjacent to an activating group) is 2. The number of halogens is 1. The van der Waals surface area contributed by atoms with E-state index < -0.39 is 0 Å². The lowest BCUT2D eigenvalue weighted by Gasteiger charge is -2.33. The van der Waals surface area contributed by atoms with Crippen molar-refractivity contribution in [2.45, 2.75) is 10.9 Å². The number of anilines is 1. The zero-order valence-electron chi connectivity index (χ0n) is 17.8. The molecule has 30 heavy (non-hydrogen) atoms. The molecule has 1 aliphatic heterocycles. The van der Waals surface area contributed by atoms with E-state index in [0.717, 1.165) is 44.1 Å². The molecular weight excluding hydrogens is 420 g/mol. The number of hydrogen-bond donors (Lipinski definition) is 1. The summed E-state index contributed by atoms with van der Waals surface area (Å²) in [6.45, 7) is 5.35. The first-order valence-corrected chi connectivity index (χ1v) is 11.4. The average Bonchev–Trinajstić information content (AvgIpc) is 2.72. The van der Waals surface area contributed by atoms with Crippen LogP contribution in [-0.4, -0.2) is 86.1 Å². The Bertz CT molecular complexity index is 840. The lowest BCUT2D eigenvalue weighted by Crippen LogP contribution is -2.44. The number of benzene rings is 1. The molecule has 1 amide bonds. The van der Waals surface area contributed by atoms with Crippen LogP contribution in [0.2, 0.25) is 5.15 Å². The van der Waals surface area contributed by atoms with Crippen molar-refractivity contribution in [2.75, 3.05) is 65.3 Å². The first-order chi connectivity index (χ1) is 14.4. The van der Waals surface area contributed by atoms with Crippen LogP contribution in [0.1, 0.15) is 15.9 Å². The summed E-state index contributed by atoms with van der Waals surface area (Å²) in [5, 5.41) is 4.06. The molecule has 0 saturated carbocycles. The van der Waals surface area contributed by atoms with Crippen LogP contribution in [0.25, 0.3) is 0 Å². The van der Waals surface area contributed by atoms with Crippen molar-refractivity contribution in [1.82, 2.24) is 25.1 Å². The number of hydrogen-bond acceptors (Lipinski definition) is 7. The van der Waals surface area contributed by atoms with Crippen molar-refractivity contribution >= 4 is 35.1 Å². The molecule has 2 heterocycles. The highest BCUT2D eigenvalue weighted by atomic mass is 35.5. The minimum Gasteiger partial charge on any atom is -0.354 e. The van der Waals surface area contributed by atoms with Gasteiger partial charge in [-0.25, -0.2) is 9.97 Å². The summed E-state index contributed by atoms with van der Waals surface area (Å²) < 4.78 is 0. The largest absolute Gasteiger partial charge is 0.354 e. The highest BCUT2D eigenvalue weighted by molar-refractivity contribution is 7.98. The van der Waals surface area contributed by atoms with E-state index in [0.29, 0.717) is 28.2 Å². The number of nitrogens with one attached hydrogen (secondary N) is 1. The topological polar surface area (TPSA) is 64.6 Å². The van der Waals surface area contributed by atoms with Crippen LogP contribution >= 0.6 is 23.4 Å². The van der Waals surface area contributed by atoms with Crippen molar-refractivity contribution in [3.05, 3.63) is 46.6 Å². The number of thioether (sulfide) groups is 1. The summed E-state index contributed by atoms with van der Waals surface area (Å²) in [6.07, 6.45) is 0. The standard InChI is InChI=1S/C21H29ClN6OS/c1-26(2)9-8-23-20(29)17-6-4-16(5-7-17)15-30-21-24-18(22)14-19(25-21)28-12-10-27(3)11-13-28/h4-7,14H,8-13,15H2,1-3H3,(H,23,29). The molecule has 0 aliphatic carbocycles. The molecule has 0 unspecified atom stereocenters. The van der Waals surface area contributed by atoms with Gasteiger partial charge in [-0.05, 0) is 38.8 Å². The smallest absolute Gasteiger partial charge is 0.251 e. The number of nitrogens with zero attached hydrogens (tertiary/aromatic N) is 5. The van der Waals surface area contributed by atoms with E-state index in [1.54, 1.807) is 11.8 Å². The summed E-state index contributed by atoms with van der Waals surface area (Å²) in [7, 11) is 6.09. The molecular formula is C21H29ClN6OS. The van der Waals surface area contributed by atoms with Gasteiger partial charge in [0, 0.05) is 56.7 Å². The monoisotopic (exact) mass is 448 g/mol. The third-order valence-corrected chi connectivity index (χ3v) is 6.03. The van der Waals surface area contributed by atoms with Crippen LogP contribution in [-0.2, 0) is 5.75 Å². The van der Waals surface area contributed by atoms with Gasteiger partial charge in [0.2, 0.25) is 0 Å². The molecule has 1 aromatic heterocycles. The van der Waals surface area contributed by atoms with Crippen LogP contribution in [0.4, 0.5) is 5.82 Å². The van der Waals surface area contributed by atoms with Crippen LogP contribution in [0.5, 0.6) is 0 Å². The van der Waals surface area contributed by atoms with Gasteiger partial charge in [0.25, 0.3) is 5.91 Å². The molecule has 0 atom stereocenters. The van der Waals surface area contributed by atoms with Gasteiger partial charge in [-0.15, -0.1) is 0 Å². The lowest BCUT2D eigenvalue weighted by molar-refractivity contribution is 0.0951. The SMILES string of the molecule is CN(C)CCNC(=O)c1ccc(CSc2nc(Cl)cc(N3CCN(C)CC3)n2)cc1. The van der Waals surface area contributed by atoms with E-state index in [-0.39, 0.29) is 5.91 Å². The van der Waals surface area contributed by atoms with E-state index in [1.807, 2.05) is 49.3 Å².